The number of rotatable bonds is 5. The summed E-state index contributed by atoms with van der Waals surface area (Å²) in [4.78, 5) is 24.4. The van der Waals surface area contributed by atoms with Crippen LogP contribution in [0.2, 0.25) is 10.0 Å². The highest BCUT2D eigenvalue weighted by Gasteiger charge is 2.25. The van der Waals surface area contributed by atoms with E-state index >= 15 is 0 Å². The topological polar surface area (TPSA) is 85.3 Å². The number of phenolic OH excluding ortho intramolecular Hbond substituents is 1. The highest BCUT2D eigenvalue weighted by atomic mass is 35.5. The van der Waals surface area contributed by atoms with Gasteiger partial charge in [0.1, 0.15) is 0 Å². The minimum Gasteiger partial charge on any atom is -0.505 e. The molecule has 0 aliphatic rings. The van der Waals surface area contributed by atoms with Crippen molar-refractivity contribution < 1.29 is 19.1 Å². The van der Waals surface area contributed by atoms with Gasteiger partial charge in [0.15, 0.2) is 11.6 Å². The summed E-state index contributed by atoms with van der Waals surface area (Å²) in [5, 5.41) is 11.0. The molecular weight excluding hydrogens is 418 g/mol. The minimum absolute atomic E-state index is 0.155. The maximum atomic E-state index is 14.1. The van der Waals surface area contributed by atoms with Crippen molar-refractivity contribution in [3.05, 3.63) is 63.0 Å². The molecule has 0 fully saturated rings. The van der Waals surface area contributed by atoms with Gasteiger partial charge in [0, 0.05) is 29.1 Å². The minimum atomic E-state index is -0.838. The van der Waals surface area contributed by atoms with Crippen LogP contribution in [0.3, 0.4) is 0 Å². The summed E-state index contributed by atoms with van der Waals surface area (Å²) in [7, 11) is 0. The van der Waals surface area contributed by atoms with Crippen LogP contribution < -0.4 is 5.73 Å². The average molecular weight is 437 g/mol. The molecule has 1 aromatic heterocycles. The highest BCUT2D eigenvalue weighted by Crippen LogP contribution is 2.37. The second kappa shape index (κ2) is 8.05. The standard InChI is InChI=1S/C21H19Cl2FN2O3/c1-10(3-6-19(25)28)20-11(2)26(17-9-16(24)18(27)8-13(17)20)21(29)12-4-5-14(22)15(23)7-12/h4-5,7-10,27H,3,6H2,1-2H3,(H2,25,28)/t10-/m0/s1. The second-order valence-electron chi connectivity index (χ2n) is 7.00. The van der Waals surface area contributed by atoms with Gasteiger partial charge >= 0.3 is 0 Å². The first-order chi connectivity index (χ1) is 13.6. The number of carbonyl (C=O) groups excluding carboxylic acids is 2. The van der Waals surface area contributed by atoms with Crippen LogP contribution in [0.15, 0.2) is 30.3 Å². The Balaban J connectivity index is 2.22. The number of hydrogen-bond acceptors (Lipinski definition) is 3. The number of aromatic hydroxyl groups is 1. The largest absolute Gasteiger partial charge is 0.505 e. The van der Waals surface area contributed by atoms with Crippen molar-refractivity contribution in [2.24, 2.45) is 5.73 Å². The quantitative estimate of drug-likeness (QED) is 0.578. The molecule has 0 bridgehead atoms. The Morgan fingerprint density at radius 2 is 1.90 bits per heavy atom. The molecule has 1 atom stereocenters. The van der Waals surface area contributed by atoms with Gasteiger partial charge in [-0.15, -0.1) is 0 Å². The third-order valence-corrected chi connectivity index (χ3v) is 5.75. The van der Waals surface area contributed by atoms with Crippen molar-refractivity contribution in [1.29, 1.82) is 0 Å². The van der Waals surface area contributed by atoms with E-state index in [9.17, 15) is 19.1 Å². The van der Waals surface area contributed by atoms with E-state index in [1.54, 1.807) is 6.92 Å². The number of primary amides is 1. The summed E-state index contributed by atoms with van der Waals surface area (Å²) in [6.07, 6.45) is 0.621. The van der Waals surface area contributed by atoms with Crippen molar-refractivity contribution in [1.82, 2.24) is 4.57 Å². The maximum absolute atomic E-state index is 14.1. The lowest BCUT2D eigenvalue weighted by molar-refractivity contribution is -0.118. The van der Waals surface area contributed by atoms with Crippen molar-refractivity contribution in [3.63, 3.8) is 0 Å². The van der Waals surface area contributed by atoms with E-state index < -0.39 is 23.4 Å². The summed E-state index contributed by atoms with van der Waals surface area (Å²) in [5.41, 5.74) is 7.18. The second-order valence-corrected chi connectivity index (χ2v) is 7.81. The lowest BCUT2D eigenvalue weighted by Crippen LogP contribution is -2.14. The summed E-state index contributed by atoms with van der Waals surface area (Å²) in [6, 6.07) is 6.92. The number of amides is 1. The smallest absolute Gasteiger partial charge is 0.262 e. The molecule has 0 spiro atoms. The molecule has 5 nitrogen and oxygen atoms in total. The number of halogens is 3. The van der Waals surface area contributed by atoms with Crippen LogP contribution in [0.25, 0.3) is 10.9 Å². The Hall–Kier alpha value is -2.57. The summed E-state index contributed by atoms with van der Waals surface area (Å²) < 4.78 is 15.5. The van der Waals surface area contributed by atoms with E-state index in [0.717, 1.165) is 11.6 Å². The first-order valence-electron chi connectivity index (χ1n) is 8.93. The third kappa shape index (κ3) is 3.95. The fourth-order valence-electron chi connectivity index (χ4n) is 3.59. The van der Waals surface area contributed by atoms with Crippen LogP contribution in [0.1, 0.15) is 47.3 Å². The van der Waals surface area contributed by atoms with E-state index in [1.807, 2.05) is 6.92 Å². The zero-order valence-corrected chi connectivity index (χ0v) is 17.3. The van der Waals surface area contributed by atoms with Crippen LogP contribution in [0.5, 0.6) is 5.75 Å². The maximum Gasteiger partial charge on any atom is 0.262 e. The van der Waals surface area contributed by atoms with E-state index in [-0.39, 0.29) is 22.9 Å². The third-order valence-electron chi connectivity index (χ3n) is 5.01. The Morgan fingerprint density at radius 1 is 1.21 bits per heavy atom. The Kier molecular flexibility index (Phi) is 5.87. The van der Waals surface area contributed by atoms with Gasteiger partial charge < -0.3 is 10.8 Å². The number of hydrogen-bond donors (Lipinski definition) is 2. The van der Waals surface area contributed by atoms with E-state index in [1.165, 1.54) is 28.8 Å². The average Bonchev–Trinajstić information content (AvgIpc) is 2.92. The van der Waals surface area contributed by atoms with Gasteiger partial charge in [-0.1, -0.05) is 30.1 Å². The predicted octanol–water partition coefficient (Wildman–Crippen LogP) is 5.16. The number of aromatic nitrogens is 1. The molecule has 0 unspecified atom stereocenters. The molecule has 3 aromatic rings. The van der Waals surface area contributed by atoms with E-state index in [2.05, 4.69) is 0 Å². The number of benzene rings is 2. The van der Waals surface area contributed by atoms with Gasteiger partial charge in [-0.05, 0) is 49.1 Å². The zero-order chi connectivity index (χ0) is 21.5. The van der Waals surface area contributed by atoms with E-state index in [0.29, 0.717) is 28.0 Å². The Labute approximate surface area is 176 Å². The van der Waals surface area contributed by atoms with Crippen LogP contribution in [0, 0.1) is 12.7 Å². The molecule has 29 heavy (non-hydrogen) atoms. The molecule has 1 amide bonds. The van der Waals surface area contributed by atoms with Gasteiger partial charge in [-0.25, -0.2) is 4.39 Å². The summed E-state index contributed by atoms with van der Waals surface area (Å²) in [5.74, 6) is -2.35. The highest BCUT2D eigenvalue weighted by molar-refractivity contribution is 6.42. The molecule has 0 aliphatic carbocycles. The van der Waals surface area contributed by atoms with Crippen molar-refractivity contribution in [2.75, 3.05) is 0 Å². The van der Waals surface area contributed by atoms with Crippen LogP contribution in [-0.2, 0) is 4.79 Å². The molecule has 0 aliphatic heterocycles. The van der Waals surface area contributed by atoms with Crippen molar-refractivity contribution in [2.45, 2.75) is 32.6 Å². The molecule has 0 saturated heterocycles. The van der Waals surface area contributed by atoms with Gasteiger partial charge in [-0.3, -0.25) is 14.2 Å². The van der Waals surface area contributed by atoms with Gasteiger partial charge in [0.05, 0.1) is 15.6 Å². The fourth-order valence-corrected chi connectivity index (χ4v) is 3.89. The van der Waals surface area contributed by atoms with Gasteiger partial charge in [0.2, 0.25) is 5.91 Å². The number of carbonyl (C=O) groups is 2. The zero-order valence-electron chi connectivity index (χ0n) is 15.8. The summed E-state index contributed by atoms with van der Waals surface area (Å²) in [6.45, 7) is 3.62. The SMILES string of the molecule is Cc1c([C@@H](C)CCC(N)=O)c2cc(O)c(F)cc2n1C(=O)c1ccc(Cl)c(Cl)c1. The molecule has 0 saturated carbocycles. The summed E-state index contributed by atoms with van der Waals surface area (Å²) >= 11 is 12.0. The molecular formula is C21H19Cl2FN2O3. The molecule has 152 valence electrons. The lowest BCUT2D eigenvalue weighted by Gasteiger charge is -2.12. The normalized spacial score (nSPS) is 12.3. The van der Waals surface area contributed by atoms with Crippen LogP contribution in [0.4, 0.5) is 4.39 Å². The molecule has 8 heteroatoms. The number of phenols is 1. The van der Waals surface area contributed by atoms with E-state index in [4.69, 9.17) is 28.9 Å². The molecule has 0 radical (unpaired) electrons. The first kappa shape index (κ1) is 21.1. The lowest BCUT2D eigenvalue weighted by atomic mass is 9.93. The first-order valence-corrected chi connectivity index (χ1v) is 9.68. The molecule has 3 N–H and O–H groups in total. The number of nitrogens with zero attached hydrogens (tertiary/aromatic N) is 1. The van der Waals surface area contributed by atoms with Crippen molar-refractivity contribution in [3.8, 4) is 5.75 Å². The van der Waals surface area contributed by atoms with Crippen molar-refractivity contribution >= 4 is 45.9 Å². The van der Waals surface area contributed by atoms with Crippen LogP contribution >= 0.6 is 23.2 Å². The number of nitrogens with two attached hydrogens (primary N) is 1. The Morgan fingerprint density at radius 3 is 2.52 bits per heavy atom. The monoisotopic (exact) mass is 436 g/mol. The van der Waals surface area contributed by atoms with Gasteiger partial charge in [-0.2, -0.15) is 0 Å². The molecule has 1 heterocycles. The number of fused-ring (bicyclic) bond motifs is 1. The fraction of sp³-hybridized carbons (Fsp3) is 0.238. The molecule has 2 aromatic carbocycles. The van der Waals surface area contributed by atoms with Crippen LogP contribution in [-0.4, -0.2) is 21.5 Å². The van der Waals surface area contributed by atoms with Gasteiger partial charge in [0.25, 0.3) is 5.91 Å². The molecule has 3 rings (SSSR count). The predicted molar refractivity (Wildman–Crippen MR) is 111 cm³/mol. The Bertz CT molecular complexity index is 1140.